The number of nitrogens with zero attached hydrogens (tertiary/aromatic N) is 1. The Labute approximate surface area is 128 Å². The van der Waals surface area contributed by atoms with E-state index in [0.717, 1.165) is 18.4 Å². The molecule has 0 amide bonds. The second-order valence-corrected chi connectivity index (χ2v) is 8.72. The molecule has 114 valence electrons. The molecule has 2 N–H and O–H groups in total. The first-order chi connectivity index (χ1) is 9.31. The largest absolute Gasteiger partial charge is 0.329 e. The lowest BCUT2D eigenvalue weighted by Gasteiger charge is -2.39. The maximum Gasteiger partial charge on any atom is 0.0564 e. The van der Waals surface area contributed by atoms with E-state index in [1.54, 1.807) is 0 Å². The van der Waals surface area contributed by atoms with Gasteiger partial charge in [0.15, 0.2) is 0 Å². The summed E-state index contributed by atoms with van der Waals surface area (Å²) in [6, 6.07) is 4.99. The van der Waals surface area contributed by atoms with Crippen molar-refractivity contribution in [1.82, 2.24) is 4.90 Å². The third-order valence-corrected chi connectivity index (χ3v) is 5.87. The first-order valence-corrected chi connectivity index (χ1v) is 8.67. The molecule has 1 aromatic heterocycles. The van der Waals surface area contributed by atoms with Gasteiger partial charge in [-0.3, -0.25) is 4.90 Å². The zero-order valence-corrected chi connectivity index (χ0v) is 14.5. The topological polar surface area (TPSA) is 29.3 Å². The van der Waals surface area contributed by atoms with Crippen LogP contribution in [0.5, 0.6) is 0 Å². The molecule has 0 saturated carbocycles. The van der Waals surface area contributed by atoms with Crippen LogP contribution in [0.4, 0.5) is 0 Å². The molecule has 0 aromatic carbocycles. The highest BCUT2D eigenvalue weighted by molar-refractivity contribution is 7.12. The number of rotatable bonds is 3. The predicted octanol–water partition coefficient (Wildman–Crippen LogP) is 4.02. The van der Waals surface area contributed by atoms with E-state index in [1.165, 1.54) is 29.3 Å². The highest BCUT2D eigenvalue weighted by Crippen LogP contribution is 2.36. The average molecular weight is 295 g/mol. The lowest BCUT2D eigenvalue weighted by molar-refractivity contribution is 0.0999. The molecule has 1 aliphatic rings. The van der Waals surface area contributed by atoms with Crippen molar-refractivity contribution in [3.63, 3.8) is 0 Å². The van der Waals surface area contributed by atoms with Crippen LogP contribution in [0.15, 0.2) is 12.1 Å². The fourth-order valence-electron chi connectivity index (χ4n) is 3.35. The molecule has 1 aliphatic heterocycles. The summed E-state index contributed by atoms with van der Waals surface area (Å²) in [5, 5.41) is 0. The number of likely N-dealkylation sites (tertiary alicyclic amines) is 1. The summed E-state index contributed by atoms with van der Waals surface area (Å²) in [7, 11) is 0. The van der Waals surface area contributed by atoms with Gasteiger partial charge in [0.25, 0.3) is 0 Å². The number of piperidine rings is 1. The second-order valence-electron chi connectivity index (χ2n) is 7.60. The van der Waals surface area contributed by atoms with Crippen LogP contribution in [-0.2, 0) is 5.41 Å². The van der Waals surface area contributed by atoms with Crippen LogP contribution >= 0.6 is 11.3 Å². The van der Waals surface area contributed by atoms with Crippen molar-refractivity contribution in [2.45, 2.75) is 52.5 Å². The maximum absolute atomic E-state index is 6.11. The van der Waals surface area contributed by atoms with E-state index in [1.807, 2.05) is 11.3 Å². The van der Waals surface area contributed by atoms with Crippen LogP contribution < -0.4 is 5.73 Å². The van der Waals surface area contributed by atoms with Crippen LogP contribution in [0.1, 0.15) is 56.8 Å². The predicted molar refractivity (Wildman–Crippen MR) is 89.3 cm³/mol. The summed E-state index contributed by atoms with van der Waals surface area (Å²) in [6.07, 6.45) is 1.35. The van der Waals surface area contributed by atoms with Gasteiger partial charge in [-0.05, 0) is 35.8 Å². The first kappa shape index (κ1) is 16.0. The quantitative estimate of drug-likeness (QED) is 0.912. The number of hydrogen-bond donors (Lipinski definition) is 1. The lowest BCUT2D eigenvalue weighted by Crippen LogP contribution is -2.43. The molecule has 0 bridgehead atoms. The van der Waals surface area contributed by atoms with Gasteiger partial charge in [0.1, 0.15) is 0 Å². The Bertz CT molecular complexity index is 422. The minimum atomic E-state index is 0.241. The van der Waals surface area contributed by atoms with Crippen LogP contribution in [0.25, 0.3) is 0 Å². The van der Waals surface area contributed by atoms with Crippen LogP contribution in [0, 0.1) is 11.8 Å². The fourth-order valence-corrected chi connectivity index (χ4v) is 4.56. The van der Waals surface area contributed by atoms with E-state index in [2.05, 4.69) is 51.7 Å². The summed E-state index contributed by atoms with van der Waals surface area (Å²) in [6.45, 7) is 14.7. The van der Waals surface area contributed by atoms with Gasteiger partial charge < -0.3 is 5.73 Å². The van der Waals surface area contributed by atoms with Crippen molar-refractivity contribution in [1.29, 1.82) is 0 Å². The van der Waals surface area contributed by atoms with E-state index >= 15 is 0 Å². The van der Waals surface area contributed by atoms with Crippen molar-refractivity contribution in [3.8, 4) is 0 Å². The summed E-state index contributed by atoms with van der Waals surface area (Å²) in [5.41, 5.74) is 6.35. The van der Waals surface area contributed by atoms with Gasteiger partial charge in [-0.15, -0.1) is 11.3 Å². The van der Waals surface area contributed by atoms with E-state index in [0.29, 0.717) is 6.04 Å². The SMILES string of the molecule is CC1CC(C)CN(C(CN)c2ccc(C(C)(C)C)s2)C1. The van der Waals surface area contributed by atoms with E-state index in [4.69, 9.17) is 5.73 Å². The standard InChI is InChI=1S/C17H30N2S/c1-12-8-13(2)11-19(10-12)14(9-18)15-6-7-16(20-15)17(3,4)5/h6-7,12-14H,8-11,18H2,1-5H3. The molecule has 1 saturated heterocycles. The second kappa shape index (κ2) is 6.17. The summed E-state index contributed by atoms with van der Waals surface area (Å²) >= 11 is 1.95. The highest BCUT2D eigenvalue weighted by Gasteiger charge is 2.29. The monoisotopic (exact) mass is 294 g/mol. The van der Waals surface area contributed by atoms with Gasteiger partial charge in [-0.1, -0.05) is 34.6 Å². The Morgan fingerprint density at radius 2 is 1.85 bits per heavy atom. The summed E-state index contributed by atoms with van der Waals surface area (Å²) in [4.78, 5) is 5.51. The Kier molecular flexibility index (Phi) is 4.93. The molecule has 20 heavy (non-hydrogen) atoms. The van der Waals surface area contributed by atoms with Crippen molar-refractivity contribution in [2.24, 2.45) is 17.6 Å². The normalized spacial score (nSPS) is 26.7. The first-order valence-electron chi connectivity index (χ1n) is 7.85. The van der Waals surface area contributed by atoms with E-state index in [-0.39, 0.29) is 5.41 Å². The van der Waals surface area contributed by atoms with Crippen LogP contribution in [0.3, 0.4) is 0 Å². The highest BCUT2D eigenvalue weighted by atomic mass is 32.1. The van der Waals surface area contributed by atoms with Crippen LogP contribution in [0.2, 0.25) is 0 Å². The summed E-state index contributed by atoms with van der Waals surface area (Å²) in [5.74, 6) is 1.57. The molecular weight excluding hydrogens is 264 g/mol. The molecule has 0 aliphatic carbocycles. The molecule has 0 radical (unpaired) electrons. The van der Waals surface area contributed by atoms with Crippen molar-refractivity contribution in [2.75, 3.05) is 19.6 Å². The Hall–Kier alpha value is -0.380. The molecule has 3 atom stereocenters. The summed E-state index contributed by atoms with van der Waals surface area (Å²) < 4.78 is 0. The molecule has 2 heterocycles. The third-order valence-electron chi connectivity index (χ3n) is 4.26. The Balaban J connectivity index is 2.17. The molecular formula is C17H30N2S. The van der Waals surface area contributed by atoms with Crippen molar-refractivity contribution in [3.05, 3.63) is 21.9 Å². The number of hydrogen-bond acceptors (Lipinski definition) is 3. The molecule has 2 nitrogen and oxygen atoms in total. The van der Waals surface area contributed by atoms with E-state index in [9.17, 15) is 0 Å². The maximum atomic E-state index is 6.11. The average Bonchev–Trinajstić information content (AvgIpc) is 2.77. The zero-order valence-electron chi connectivity index (χ0n) is 13.6. The minimum absolute atomic E-state index is 0.241. The van der Waals surface area contributed by atoms with E-state index < -0.39 is 0 Å². The van der Waals surface area contributed by atoms with Crippen molar-refractivity contribution < 1.29 is 0 Å². The van der Waals surface area contributed by atoms with Gasteiger partial charge in [0.05, 0.1) is 6.04 Å². The Morgan fingerprint density at radius 3 is 2.30 bits per heavy atom. The molecule has 3 unspecified atom stereocenters. The van der Waals surface area contributed by atoms with Gasteiger partial charge >= 0.3 is 0 Å². The molecule has 1 fully saturated rings. The van der Waals surface area contributed by atoms with Gasteiger partial charge in [-0.25, -0.2) is 0 Å². The molecule has 1 aromatic rings. The van der Waals surface area contributed by atoms with Crippen molar-refractivity contribution >= 4 is 11.3 Å². The minimum Gasteiger partial charge on any atom is -0.329 e. The number of nitrogens with two attached hydrogens (primary N) is 1. The van der Waals surface area contributed by atoms with Gasteiger partial charge in [0, 0.05) is 29.4 Å². The molecule has 0 spiro atoms. The lowest BCUT2D eigenvalue weighted by atomic mass is 9.90. The zero-order chi connectivity index (χ0) is 14.9. The Morgan fingerprint density at radius 1 is 1.25 bits per heavy atom. The fraction of sp³-hybridized carbons (Fsp3) is 0.765. The molecule has 3 heteroatoms. The van der Waals surface area contributed by atoms with Gasteiger partial charge in [0.2, 0.25) is 0 Å². The number of thiophene rings is 1. The third kappa shape index (κ3) is 3.63. The van der Waals surface area contributed by atoms with Gasteiger partial charge in [-0.2, -0.15) is 0 Å². The molecule has 2 rings (SSSR count). The van der Waals surface area contributed by atoms with Crippen LogP contribution in [-0.4, -0.2) is 24.5 Å². The smallest absolute Gasteiger partial charge is 0.0564 e.